The summed E-state index contributed by atoms with van der Waals surface area (Å²) < 4.78 is 4.88. The van der Waals surface area contributed by atoms with E-state index >= 15 is 0 Å². The molecule has 0 spiro atoms. The molecular weight excluding hydrogens is 534 g/mol. The van der Waals surface area contributed by atoms with E-state index in [1.165, 1.54) is 49.4 Å². The third-order valence-corrected chi connectivity index (χ3v) is 9.32. The fraction of sp³-hybridized carbons (Fsp3) is 0.0488. The lowest BCUT2D eigenvalue weighted by atomic mass is 9.93. The van der Waals surface area contributed by atoms with Crippen LogP contribution in [0.15, 0.2) is 115 Å². The Labute approximate surface area is 255 Å². The Hall–Kier alpha value is -5.85. The average Bonchev–Trinajstić information content (AvgIpc) is 3.54. The van der Waals surface area contributed by atoms with Crippen LogP contribution in [0.25, 0.3) is 78.3 Å². The Morgan fingerprint density at radius 3 is 2.05 bits per heavy atom. The van der Waals surface area contributed by atoms with E-state index in [1.54, 1.807) is 0 Å². The molecule has 0 radical (unpaired) electrons. The van der Waals surface area contributed by atoms with Crippen molar-refractivity contribution in [2.24, 2.45) is 0 Å². The molecule has 3 heteroatoms. The van der Waals surface area contributed by atoms with Gasteiger partial charge in [-0.05, 0) is 84.1 Å². The number of nitrogens with zero attached hydrogens (tertiary/aromatic N) is 3. The first kappa shape index (κ1) is 24.7. The number of nitriles is 1. The number of aryl methyl sites for hydroxylation is 2. The molecule has 2 aromatic heterocycles. The second kappa shape index (κ2) is 9.07. The Morgan fingerprint density at radius 1 is 0.568 bits per heavy atom. The first-order valence-corrected chi connectivity index (χ1v) is 15.0. The third-order valence-electron chi connectivity index (χ3n) is 9.32. The summed E-state index contributed by atoms with van der Waals surface area (Å²) in [5.74, 6) is 0. The third kappa shape index (κ3) is 3.31. The highest BCUT2D eigenvalue weighted by Crippen LogP contribution is 2.46. The summed E-state index contributed by atoms with van der Waals surface area (Å²) in [5, 5.41) is 15.0. The lowest BCUT2D eigenvalue weighted by Crippen LogP contribution is -2.04. The Morgan fingerprint density at radius 2 is 1.27 bits per heavy atom. The van der Waals surface area contributed by atoms with Crippen LogP contribution in [0.2, 0.25) is 0 Å². The molecule has 44 heavy (non-hydrogen) atoms. The van der Waals surface area contributed by atoms with Gasteiger partial charge in [0.1, 0.15) is 0 Å². The number of aromatic nitrogens is 2. The van der Waals surface area contributed by atoms with Crippen LogP contribution in [0.4, 0.5) is 0 Å². The molecule has 0 atom stereocenters. The monoisotopic (exact) mass is 561 g/mol. The zero-order valence-corrected chi connectivity index (χ0v) is 24.5. The van der Waals surface area contributed by atoms with E-state index in [9.17, 15) is 5.26 Å². The van der Waals surface area contributed by atoms with Gasteiger partial charge in [0, 0.05) is 27.1 Å². The minimum absolute atomic E-state index is 0.645. The molecule has 0 N–H and O–H groups in total. The van der Waals surface area contributed by atoms with Gasteiger partial charge < -0.3 is 9.13 Å². The van der Waals surface area contributed by atoms with Crippen molar-refractivity contribution >= 4 is 55.8 Å². The van der Waals surface area contributed by atoms with Crippen LogP contribution >= 0.6 is 0 Å². The van der Waals surface area contributed by atoms with Gasteiger partial charge in [0.05, 0.1) is 45.1 Å². The van der Waals surface area contributed by atoms with Gasteiger partial charge in [0.25, 0.3) is 0 Å². The van der Waals surface area contributed by atoms with Gasteiger partial charge in [0.2, 0.25) is 0 Å². The van der Waals surface area contributed by atoms with Crippen LogP contribution in [-0.4, -0.2) is 9.13 Å². The highest BCUT2D eigenvalue weighted by atomic mass is 15.0. The second-order valence-corrected chi connectivity index (χ2v) is 11.8. The van der Waals surface area contributed by atoms with Crippen molar-refractivity contribution in [1.29, 1.82) is 5.26 Å². The van der Waals surface area contributed by atoms with Gasteiger partial charge in [0.15, 0.2) is 0 Å². The van der Waals surface area contributed by atoms with Gasteiger partial charge in [-0.25, -0.2) is 0 Å². The predicted octanol–water partition coefficient (Wildman–Crippen LogP) is 10.5. The number of hydrogen-bond acceptors (Lipinski definition) is 1. The van der Waals surface area contributed by atoms with Crippen molar-refractivity contribution in [3.8, 4) is 28.6 Å². The second-order valence-electron chi connectivity index (χ2n) is 11.8. The van der Waals surface area contributed by atoms with Crippen molar-refractivity contribution in [1.82, 2.24) is 9.13 Å². The number of rotatable bonds is 1. The van der Waals surface area contributed by atoms with Crippen molar-refractivity contribution < 1.29 is 0 Å². The zero-order valence-electron chi connectivity index (χ0n) is 24.5. The fourth-order valence-electron chi connectivity index (χ4n) is 7.42. The van der Waals surface area contributed by atoms with E-state index in [-0.39, 0.29) is 0 Å². The van der Waals surface area contributed by atoms with E-state index in [4.69, 9.17) is 0 Å². The smallest absolute Gasteiger partial charge is 0.0991 e. The highest BCUT2D eigenvalue weighted by Gasteiger charge is 2.25. The van der Waals surface area contributed by atoms with E-state index < -0.39 is 0 Å². The minimum atomic E-state index is 0.645. The summed E-state index contributed by atoms with van der Waals surface area (Å²) >= 11 is 0. The molecule has 0 fully saturated rings. The summed E-state index contributed by atoms with van der Waals surface area (Å²) in [6, 6.07) is 43.8. The van der Waals surface area contributed by atoms with E-state index in [1.807, 2.05) is 6.07 Å². The number of benzene rings is 6. The molecule has 0 amide bonds. The Kier molecular flexibility index (Phi) is 5.10. The summed E-state index contributed by atoms with van der Waals surface area (Å²) in [7, 11) is 0. The molecule has 8 aromatic rings. The number of fused-ring (bicyclic) bond motifs is 5. The molecule has 206 valence electrons. The number of para-hydroxylation sites is 3. The molecule has 0 saturated heterocycles. The topological polar surface area (TPSA) is 33.6 Å². The summed E-state index contributed by atoms with van der Waals surface area (Å²) in [4.78, 5) is 0. The summed E-state index contributed by atoms with van der Waals surface area (Å²) in [6.07, 6.45) is 4.40. The predicted molar refractivity (Wildman–Crippen MR) is 184 cm³/mol. The van der Waals surface area contributed by atoms with Gasteiger partial charge in [-0.1, -0.05) is 84.9 Å². The molecule has 4 bridgehead atoms. The van der Waals surface area contributed by atoms with Gasteiger partial charge in [-0.15, -0.1) is 0 Å². The van der Waals surface area contributed by atoms with Crippen molar-refractivity contribution in [2.45, 2.75) is 13.8 Å². The molecule has 6 aromatic carbocycles. The molecule has 0 saturated carbocycles. The molecule has 3 nitrogen and oxygen atoms in total. The lowest BCUT2D eigenvalue weighted by Gasteiger charge is -2.21. The fourth-order valence-corrected chi connectivity index (χ4v) is 7.42. The first-order chi connectivity index (χ1) is 21.6. The highest BCUT2D eigenvalue weighted by molar-refractivity contribution is 6.18. The molecule has 2 aliphatic rings. The number of hydrogen-bond donors (Lipinski definition) is 0. The van der Waals surface area contributed by atoms with Gasteiger partial charge >= 0.3 is 0 Å². The van der Waals surface area contributed by atoms with E-state index in [0.29, 0.717) is 5.56 Å². The van der Waals surface area contributed by atoms with Crippen LogP contribution in [0.3, 0.4) is 0 Å². The van der Waals surface area contributed by atoms with Crippen molar-refractivity contribution in [3.05, 3.63) is 143 Å². The lowest BCUT2D eigenvalue weighted by molar-refractivity contribution is 1.11. The SMILES string of the molecule is Cc1cccc(C)c1-n1c2ccccc2c2ccc3c(c21)-c1cc(C#N)ccc1/C=C/c1ccc2c(c1)c1ccccc1n2-3. The maximum atomic E-state index is 10.1. The molecule has 10 rings (SSSR count). The standard InChI is InChI=1S/C41H27N3/c1-25-8-7-9-26(2)40(25)44-36-13-6-3-10-30(36)32-19-21-38-39(41(32)44)33-23-28(24-42)15-18-29(33)17-14-27-16-20-37-34(22-27)31-11-4-5-12-35(31)43(37)38/h3-23H,1-2H3/b17-14+. The first-order valence-electron chi connectivity index (χ1n) is 15.0. The molecule has 2 aliphatic heterocycles. The molecule has 0 aliphatic carbocycles. The average molecular weight is 562 g/mol. The Balaban J connectivity index is 1.60. The summed E-state index contributed by atoms with van der Waals surface area (Å²) in [5.41, 5.74) is 14.4. The normalized spacial score (nSPS) is 12.9. The van der Waals surface area contributed by atoms with Crippen LogP contribution < -0.4 is 0 Å². The van der Waals surface area contributed by atoms with E-state index in [0.717, 1.165) is 39.0 Å². The summed E-state index contributed by atoms with van der Waals surface area (Å²) in [6.45, 7) is 4.40. The minimum Gasteiger partial charge on any atom is -0.309 e. The van der Waals surface area contributed by atoms with Crippen LogP contribution in [0, 0.1) is 25.2 Å². The van der Waals surface area contributed by atoms with Crippen molar-refractivity contribution in [2.75, 3.05) is 0 Å². The van der Waals surface area contributed by atoms with Crippen LogP contribution in [-0.2, 0) is 0 Å². The van der Waals surface area contributed by atoms with Crippen LogP contribution in [0.5, 0.6) is 0 Å². The molecule has 0 unspecified atom stereocenters. The van der Waals surface area contributed by atoms with Gasteiger partial charge in [-0.3, -0.25) is 0 Å². The quantitative estimate of drug-likeness (QED) is 0.196. The maximum absolute atomic E-state index is 10.1. The zero-order chi connectivity index (χ0) is 29.5. The van der Waals surface area contributed by atoms with Gasteiger partial charge in [-0.2, -0.15) is 5.26 Å². The largest absolute Gasteiger partial charge is 0.309 e. The van der Waals surface area contributed by atoms with Crippen LogP contribution in [0.1, 0.15) is 27.8 Å². The Bertz CT molecular complexity index is 2560. The van der Waals surface area contributed by atoms with E-state index in [2.05, 4.69) is 150 Å². The maximum Gasteiger partial charge on any atom is 0.0991 e. The molecule has 4 heterocycles. The van der Waals surface area contributed by atoms with Crippen molar-refractivity contribution in [3.63, 3.8) is 0 Å². The molecular formula is C41H27N3.